The van der Waals surface area contributed by atoms with Crippen LogP contribution in [0, 0.1) is 6.92 Å². The number of ketones is 1. The van der Waals surface area contributed by atoms with Gasteiger partial charge in [0.15, 0.2) is 17.3 Å². The van der Waals surface area contributed by atoms with Crippen molar-refractivity contribution in [2.45, 2.75) is 6.92 Å². The van der Waals surface area contributed by atoms with Crippen LogP contribution in [0.2, 0.25) is 0 Å². The van der Waals surface area contributed by atoms with Crippen LogP contribution in [0.1, 0.15) is 21.6 Å². The molecular formula is C15H13NO3. The summed E-state index contributed by atoms with van der Waals surface area (Å²) in [5, 5.41) is 0. The predicted molar refractivity (Wildman–Crippen MR) is 69.8 cm³/mol. The van der Waals surface area contributed by atoms with E-state index in [2.05, 4.69) is 4.98 Å². The number of aromatic nitrogens is 1. The average molecular weight is 255 g/mol. The fourth-order valence-corrected chi connectivity index (χ4v) is 1.95. The van der Waals surface area contributed by atoms with Gasteiger partial charge in [0.2, 0.25) is 0 Å². The number of nitrogens with zero attached hydrogens (tertiary/aromatic N) is 1. The van der Waals surface area contributed by atoms with Crippen molar-refractivity contribution in [2.24, 2.45) is 0 Å². The summed E-state index contributed by atoms with van der Waals surface area (Å²) in [5.74, 6) is 1.24. The predicted octanol–water partition coefficient (Wildman–Crippen LogP) is 2.39. The summed E-state index contributed by atoms with van der Waals surface area (Å²) in [6.07, 6.45) is 1.59. The Labute approximate surface area is 111 Å². The van der Waals surface area contributed by atoms with E-state index in [-0.39, 0.29) is 5.78 Å². The van der Waals surface area contributed by atoms with E-state index in [1.807, 2.05) is 13.0 Å². The van der Waals surface area contributed by atoms with Crippen molar-refractivity contribution in [3.63, 3.8) is 0 Å². The van der Waals surface area contributed by atoms with Crippen LogP contribution in [0.3, 0.4) is 0 Å². The summed E-state index contributed by atoms with van der Waals surface area (Å²) in [5.41, 5.74) is 2.04. The van der Waals surface area contributed by atoms with Crippen molar-refractivity contribution in [3.8, 4) is 11.5 Å². The van der Waals surface area contributed by atoms with Crippen molar-refractivity contribution in [1.82, 2.24) is 4.98 Å². The zero-order valence-electron chi connectivity index (χ0n) is 10.6. The number of carbonyl (C=O) groups excluding carboxylic acids is 1. The summed E-state index contributed by atoms with van der Waals surface area (Å²) in [4.78, 5) is 16.4. The Morgan fingerprint density at radius 2 is 1.79 bits per heavy atom. The van der Waals surface area contributed by atoms with Gasteiger partial charge in [0, 0.05) is 23.0 Å². The van der Waals surface area contributed by atoms with Gasteiger partial charge in [-0.2, -0.15) is 0 Å². The quantitative estimate of drug-likeness (QED) is 0.773. The van der Waals surface area contributed by atoms with Gasteiger partial charge in [0.25, 0.3) is 0 Å². The fourth-order valence-electron chi connectivity index (χ4n) is 1.95. The molecule has 2 aromatic rings. The Bertz CT molecular complexity index is 620. The fraction of sp³-hybridized carbons (Fsp3) is 0.200. The second-order valence-electron chi connectivity index (χ2n) is 4.38. The number of hydrogen-bond donors (Lipinski definition) is 0. The highest BCUT2D eigenvalue weighted by molar-refractivity contribution is 6.09. The summed E-state index contributed by atoms with van der Waals surface area (Å²) < 4.78 is 10.9. The van der Waals surface area contributed by atoms with Gasteiger partial charge in [-0.1, -0.05) is 0 Å². The zero-order valence-corrected chi connectivity index (χ0v) is 10.6. The highest BCUT2D eigenvalue weighted by atomic mass is 16.6. The maximum atomic E-state index is 12.3. The Morgan fingerprint density at radius 3 is 2.53 bits per heavy atom. The number of ether oxygens (including phenoxy) is 2. The van der Waals surface area contributed by atoms with Gasteiger partial charge >= 0.3 is 0 Å². The van der Waals surface area contributed by atoms with E-state index in [0.717, 1.165) is 5.69 Å². The molecule has 0 radical (unpaired) electrons. The molecule has 0 saturated heterocycles. The van der Waals surface area contributed by atoms with Crippen LogP contribution in [0.5, 0.6) is 11.5 Å². The van der Waals surface area contributed by atoms with Crippen LogP contribution in [0.4, 0.5) is 0 Å². The number of rotatable bonds is 2. The number of aryl methyl sites for hydroxylation is 1. The zero-order chi connectivity index (χ0) is 13.2. The lowest BCUT2D eigenvalue weighted by atomic mass is 10.0. The third kappa shape index (κ3) is 2.29. The van der Waals surface area contributed by atoms with Crippen molar-refractivity contribution >= 4 is 5.78 Å². The highest BCUT2D eigenvalue weighted by Gasteiger charge is 2.16. The van der Waals surface area contributed by atoms with E-state index in [4.69, 9.17) is 9.47 Å². The largest absolute Gasteiger partial charge is 0.486 e. The van der Waals surface area contributed by atoms with Crippen LogP contribution >= 0.6 is 0 Å². The third-order valence-electron chi connectivity index (χ3n) is 2.98. The minimum absolute atomic E-state index is 0.0653. The minimum Gasteiger partial charge on any atom is -0.486 e. The normalized spacial score (nSPS) is 13.1. The van der Waals surface area contributed by atoms with Gasteiger partial charge in [-0.05, 0) is 37.3 Å². The summed E-state index contributed by atoms with van der Waals surface area (Å²) in [6, 6.07) is 8.84. The molecule has 19 heavy (non-hydrogen) atoms. The molecule has 0 amide bonds. The molecule has 1 aromatic heterocycles. The van der Waals surface area contributed by atoms with Gasteiger partial charge in [-0.15, -0.1) is 0 Å². The molecule has 96 valence electrons. The molecular weight excluding hydrogens is 242 g/mol. The lowest BCUT2D eigenvalue weighted by Gasteiger charge is -2.18. The molecule has 4 heteroatoms. The van der Waals surface area contributed by atoms with E-state index < -0.39 is 0 Å². The number of carbonyl (C=O) groups is 1. The van der Waals surface area contributed by atoms with Crippen molar-refractivity contribution in [2.75, 3.05) is 13.2 Å². The first-order valence-electron chi connectivity index (χ1n) is 6.11. The monoisotopic (exact) mass is 255 g/mol. The molecule has 1 aliphatic heterocycles. The molecule has 2 heterocycles. The highest BCUT2D eigenvalue weighted by Crippen LogP contribution is 2.31. The molecule has 0 unspecified atom stereocenters. The number of fused-ring (bicyclic) bond motifs is 1. The molecule has 0 N–H and O–H groups in total. The van der Waals surface area contributed by atoms with Crippen molar-refractivity contribution in [1.29, 1.82) is 0 Å². The van der Waals surface area contributed by atoms with Gasteiger partial charge in [-0.25, -0.2) is 0 Å². The number of hydrogen-bond acceptors (Lipinski definition) is 4. The molecule has 4 nitrogen and oxygen atoms in total. The topological polar surface area (TPSA) is 48.4 Å². The first-order valence-corrected chi connectivity index (χ1v) is 6.11. The summed E-state index contributed by atoms with van der Waals surface area (Å²) in [7, 11) is 0. The average Bonchev–Trinajstić information content (AvgIpc) is 2.47. The molecule has 0 spiro atoms. The molecule has 0 bridgehead atoms. The van der Waals surface area contributed by atoms with Crippen LogP contribution in [0.25, 0.3) is 0 Å². The SMILES string of the molecule is Cc1ccc(C(=O)c2ccc3c(c2)OCCO3)cn1. The molecule has 0 fully saturated rings. The van der Waals surface area contributed by atoms with Crippen molar-refractivity contribution in [3.05, 3.63) is 53.3 Å². The lowest BCUT2D eigenvalue weighted by Crippen LogP contribution is -2.15. The maximum Gasteiger partial charge on any atom is 0.194 e. The Kier molecular flexibility index (Phi) is 2.91. The van der Waals surface area contributed by atoms with Crippen molar-refractivity contribution < 1.29 is 14.3 Å². The van der Waals surface area contributed by atoms with E-state index in [1.54, 1.807) is 30.5 Å². The minimum atomic E-state index is -0.0653. The van der Waals surface area contributed by atoms with Crippen LogP contribution in [0.15, 0.2) is 36.5 Å². The van der Waals surface area contributed by atoms with E-state index in [9.17, 15) is 4.79 Å². The van der Waals surface area contributed by atoms with Gasteiger partial charge in [0.1, 0.15) is 13.2 Å². The smallest absolute Gasteiger partial charge is 0.194 e. The van der Waals surface area contributed by atoms with E-state index in [1.165, 1.54) is 0 Å². The second kappa shape index (κ2) is 4.72. The van der Waals surface area contributed by atoms with Gasteiger partial charge < -0.3 is 9.47 Å². The lowest BCUT2D eigenvalue weighted by molar-refractivity contribution is 0.103. The van der Waals surface area contributed by atoms with Crippen LogP contribution < -0.4 is 9.47 Å². The first kappa shape index (κ1) is 11.7. The van der Waals surface area contributed by atoms with Crippen LogP contribution in [-0.4, -0.2) is 24.0 Å². The molecule has 0 atom stereocenters. The maximum absolute atomic E-state index is 12.3. The number of benzene rings is 1. The van der Waals surface area contributed by atoms with E-state index in [0.29, 0.717) is 35.8 Å². The third-order valence-corrected chi connectivity index (χ3v) is 2.98. The second-order valence-corrected chi connectivity index (χ2v) is 4.38. The Balaban J connectivity index is 1.93. The first-order chi connectivity index (χ1) is 9.24. The molecule has 1 aromatic carbocycles. The molecule has 3 rings (SSSR count). The molecule has 1 aliphatic rings. The Morgan fingerprint density at radius 1 is 1.05 bits per heavy atom. The van der Waals surface area contributed by atoms with Gasteiger partial charge in [0.05, 0.1) is 0 Å². The molecule has 0 saturated carbocycles. The Hall–Kier alpha value is -2.36. The standard InChI is InChI=1S/C15H13NO3/c1-10-2-3-12(9-16-10)15(17)11-4-5-13-14(8-11)19-7-6-18-13/h2-5,8-9H,6-7H2,1H3. The molecule has 0 aliphatic carbocycles. The number of pyridine rings is 1. The van der Waals surface area contributed by atoms with E-state index >= 15 is 0 Å². The summed E-state index contributed by atoms with van der Waals surface area (Å²) in [6.45, 7) is 2.94. The van der Waals surface area contributed by atoms with Gasteiger partial charge in [-0.3, -0.25) is 9.78 Å². The summed E-state index contributed by atoms with van der Waals surface area (Å²) >= 11 is 0. The van der Waals surface area contributed by atoms with Crippen LogP contribution in [-0.2, 0) is 0 Å².